The molecule has 1 aliphatic carbocycles. The third-order valence-electron chi connectivity index (χ3n) is 3.15. The van der Waals surface area contributed by atoms with E-state index in [1.165, 1.54) is 7.11 Å². The van der Waals surface area contributed by atoms with Gasteiger partial charge in [0.25, 0.3) is 0 Å². The van der Waals surface area contributed by atoms with Crippen LogP contribution in [-0.2, 0) is 11.2 Å². The first-order valence-corrected chi connectivity index (χ1v) is 5.59. The van der Waals surface area contributed by atoms with Gasteiger partial charge in [-0.2, -0.15) is 0 Å². The summed E-state index contributed by atoms with van der Waals surface area (Å²) < 4.78 is 4.69. The van der Waals surface area contributed by atoms with Crippen LogP contribution in [0.4, 0.5) is 0 Å². The monoisotopic (exact) mass is 219 g/mol. The van der Waals surface area contributed by atoms with Gasteiger partial charge in [0.15, 0.2) is 0 Å². The fourth-order valence-corrected chi connectivity index (χ4v) is 1.78. The van der Waals surface area contributed by atoms with Crippen LogP contribution in [0.5, 0.6) is 0 Å². The van der Waals surface area contributed by atoms with Gasteiger partial charge in [-0.1, -0.05) is 12.1 Å². The molecule has 0 bridgehead atoms. The first kappa shape index (κ1) is 11.1. The lowest BCUT2D eigenvalue weighted by molar-refractivity contribution is 0.0600. The number of aryl methyl sites for hydroxylation is 1. The number of methoxy groups -OCH3 is 1. The molecule has 0 heterocycles. The second-order valence-electron chi connectivity index (χ2n) is 4.55. The largest absolute Gasteiger partial charge is 0.465 e. The molecule has 0 atom stereocenters. The Labute approximate surface area is 95.6 Å². The summed E-state index contributed by atoms with van der Waals surface area (Å²) in [6.07, 6.45) is 4.19. The highest BCUT2D eigenvalue weighted by molar-refractivity contribution is 5.89. The van der Waals surface area contributed by atoms with E-state index >= 15 is 0 Å². The Morgan fingerprint density at radius 3 is 2.88 bits per heavy atom. The predicted molar refractivity (Wildman–Crippen MR) is 62.3 cm³/mol. The van der Waals surface area contributed by atoms with Crippen LogP contribution in [0.3, 0.4) is 0 Å². The van der Waals surface area contributed by atoms with Crippen LogP contribution in [-0.4, -0.2) is 18.6 Å². The Kier molecular flexibility index (Phi) is 2.97. The molecule has 2 N–H and O–H groups in total. The van der Waals surface area contributed by atoms with Crippen molar-refractivity contribution in [3.63, 3.8) is 0 Å². The zero-order chi connectivity index (χ0) is 11.6. The molecule has 0 radical (unpaired) electrons. The fourth-order valence-electron chi connectivity index (χ4n) is 1.78. The van der Waals surface area contributed by atoms with Gasteiger partial charge in [0.1, 0.15) is 0 Å². The minimum absolute atomic E-state index is 0.0707. The number of carbonyl (C=O) groups excluding carboxylic acids is 1. The van der Waals surface area contributed by atoms with Gasteiger partial charge in [-0.3, -0.25) is 0 Å². The molecule has 1 aromatic carbocycles. The van der Waals surface area contributed by atoms with Crippen molar-refractivity contribution in [3.05, 3.63) is 35.4 Å². The van der Waals surface area contributed by atoms with E-state index in [0.717, 1.165) is 31.2 Å². The molecule has 0 aliphatic heterocycles. The number of rotatable bonds is 4. The number of esters is 1. The first-order chi connectivity index (χ1) is 7.63. The first-order valence-electron chi connectivity index (χ1n) is 5.59. The normalized spacial score (nSPS) is 16.9. The number of carbonyl (C=O) groups is 1. The third-order valence-corrected chi connectivity index (χ3v) is 3.15. The molecule has 1 fully saturated rings. The van der Waals surface area contributed by atoms with Crippen molar-refractivity contribution in [1.82, 2.24) is 0 Å². The SMILES string of the molecule is COC(=O)c1cccc(CCC2(N)CC2)c1. The second kappa shape index (κ2) is 4.26. The maximum atomic E-state index is 11.3. The highest BCUT2D eigenvalue weighted by atomic mass is 16.5. The van der Waals surface area contributed by atoms with Crippen molar-refractivity contribution in [3.8, 4) is 0 Å². The quantitative estimate of drug-likeness (QED) is 0.787. The fraction of sp³-hybridized carbons (Fsp3) is 0.462. The maximum Gasteiger partial charge on any atom is 0.337 e. The molecule has 0 spiro atoms. The van der Waals surface area contributed by atoms with E-state index in [1.807, 2.05) is 18.2 Å². The highest BCUT2D eigenvalue weighted by Gasteiger charge is 2.37. The van der Waals surface area contributed by atoms with E-state index in [2.05, 4.69) is 4.74 Å². The maximum absolute atomic E-state index is 11.3. The number of hydrogen-bond acceptors (Lipinski definition) is 3. The van der Waals surface area contributed by atoms with Crippen molar-refractivity contribution in [1.29, 1.82) is 0 Å². The number of nitrogens with two attached hydrogens (primary N) is 1. The van der Waals surface area contributed by atoms with E-state index in [-0.39, 0.29) is 11.5 Å². The van der Waals surface area contributed by atoms with Gasteiger partial charge in [-0.15, -0.1) is 0 Å². The number of hydrogen-bond donors (Lipinski definition) is 1. The van der Waals surface area contributed by atoms with Crippen LogP contribution in [0, 0.1) is 0 Å². The van der Waals surface area contributed by atoms with Crippen LogP contribution >= 0.6 is 0 Å². The lowest BCUT2D eigenvalue weighted by Crippen LogP contribution is -2.22. The van der Waals surface area contributed by atoms with Gasteiger partial charge in [-0.05, 0) is 43.4 Å². The van der Waals surface area contributed by atoms with Gasteiger partial charge in [0, 0.05) is 5.54 Å². The Morgan fingerprint density at radius 1 is 1.50 bits per heavy atom. The molecule has 1 saturated carbocycles. The highest BCUT2D eigenvalue weighted by Crippen LogP contribution is 2.36. The molecule has 3 nitrogen and oxygen atoms in total. The molecular weight excluding hydrogens is 202 g/mol. The number of benzene rings is 1. The molecule has 0 unspecified atom stereocenters. The van der Waals surface area contributed by atoms with Crippen molar-refractivity contribution in [2.75, 3.05) is 7.11 Å². The van der Waals surface area contributed by atoms with Crippen molar-refractivity contribution >= 4 is 5.97 Å². The van der Waals surface area contributed by atoms with Crippen LogP contribution in [0.1, 0.15) is 35.2 Å². The van der Waals surface area contributed by atoms with Crippen molar-refractivity contribution in [2.45, 2.75) is 31.2 Å². The molecule has 0 aromatic heterocycles. The number of ether oxygens (including phenoxy) is 1. The Bertz CT molecular complexity index is 397. The van der Waals surface area contributed by atoms with Crippen LogP contribution in [0.15, 0.2) is 24.3 Å². The summed E-state index contributed by atoms with van der Waals surface area (Å²) in [6, 6.07) is 7.57. The van der Waals surface area contributed by atoms with E-state index in [0.29, 0.717) is 5.56 Å². The average Bonchev–Trinajstić information content (AvgIpc) is 3.05. The average molecular weight is 219 g/mol. The summed E-state index contributed by atoms with van der Waals surface area (Å²) in [4.78, 5) is 11.3. The minimum Gasteiger partial charge on any atom is -0.465 e. The molecule has 86 valence electrons. The molecular formula is C13H17NO2. The molecule has 1 aromatic rings. The Balaban J connectivity index is 2.01. The summed E-state index contributed by atoms with van der Waals surface area (Å²) in [6.45, 7) is 0. The Morgan fingerprint density at radius 2 is 2.25 bits per heavy atom. The van der Waals surface area contributed by atoms with E-state index in [4.69, 9.17) is 5.73 Å². The summed E-state index contributed by atoms with van der Waals surface area (Å²) in [5, 5.41) is 0. The molecule has 3 heteroatoms. The minimum atomic E-state index is -0.282. The smallest absolute Gasteiger partial charge is 0.337 e. The molecule has 0 amide bonds. The standard InChI is InChI=1S/C13H17NO2/c1-16-12(15)11-4-2-3-10(9-11)5-6-13(14)7-8-13/h2-4,9H,5-8,14H2,1H3. The van der Waals surface area contributed by atoms with Gasteiger partial charge < -0.3 is 10.5 Å². The summed E-state index contributed by atoms with van der Waals surface area (Å²) in [5.41, 5.74) is 7.86. The summed E-state index contributed by atoms with van der Waals surface area (Å²) in [7, 11) is 1.40. The van der Waals surface area contributed by atoms with Crippen molar-refractivity contribution in [2.24, 2.45) is 5.73 Å². The second-order valence-corrected chi connectivity index (χ2v) is 4.55. The van der Waals surface area contributed by atoms with Gasteiger partial charge in [0.2, 0.25) is 0 Å². The van der Waals surface area contributed by atoms with Gasteiger partial charge >= 0.3 is 5.97 Å². The predicted octanol–water partition coefficient (Wildman–Crippen LogP) is 1.90. The van der Waals surface area contributed by atoms with E-state index < -0.39 is 0 Å². The molecule has 2 rings (SSSR count). The van der Waals surface area contributed by atoms with Gasteiger partial charge in [0.05, 0.1) is 12.7 Å². The summed E-state index contributed by atoms with van der Waals surface area (Å²) >= 11 is 0. The lowest BCUT2D eigenvalue weighted by atomic mass is 10.0. The van der Waals surface area contributed by atoms with Crippen molar-refractivity contribution < 1.29 is 9.53 Å². The zero-order valence-corrected chi connectivity index (χ0v) is 9.53. The molecule has 16 heavy (non-hydrogen) atoms. The van der Waals surface area contributed by atoms with E-state index in [9.17, 15) is 4.79 Å². The third kappa shape index (κ3) is 2.61. The van der Waals surface area contributed by atoms with Crippen LogP contribution in [0.2, 0.25) is 0 Å². The summed E-state index contributed by atoms with van der Waals surface area (Å²) in [5.74, 6) is -0.282. The molecule has 1 aliphatic rings. The van der Waals surface area contributed by atoms with Crippen LogP contribution < -0.4 is 5.73 Å². The Hall–Kier alpha value is -1.35. The lowest BCUT2D eigenvalue weighted by Gasteiger charge is -2.08. The van der Waals surface area contributed by atoms with E-state index in [1.54, 1.807) is 6.07 Å². The topological polar surface area (TPSA) is 52.3 Å². The van der Waals surface area contributed by atoms with Crippen LogP contribution in [0.25, 0.3) is 0 Å². The van der Waals surface area contributed by atoms with Gasteiger partial charge in [-0.25, -0.2) is 4.79 Å². The zero-order valence-electron chi connectivity index (χ0n) is 9.53. The molecule has 0 saturated heterocycles.